The summed E-state index contributed by atoms with van der Waals surface area (Å²) in [5, 5.41) is 6.46. The van der Waals surface area contributed by atoms with E-state index in [1.807, 2.05) is 61.9 Å². The fourth-order valence-corrected chi connectivity index (χ4v) is 10.3. The molecule has 0 radical (unpaired) electrons. The first-order chi connectivity index (χ1) is 34.4. The van der Waals surface area contributed by atoms with E-state index in [0.29, 0.717) is 30.5 Å². The lowest BCUT2D eigenvalue weighted by atomic mass is 10.0. The van der Waals surface area contributed by atoms with Crippen molar-refractivity contribution in [1.29, 1.82) is 0 Å². The zero-order chi connectivity index (χ0) is 49.5. The van der Waals surface area contributed by atoms with Crippen molar-refractivity contribution < 1.29 is 33.4 Å². The number of imidazole rings is 2. The summed E-state index contributed by atoms with van der Waals surface area (Å²) in [7, 11) is 2.58. The molecule has 7 aromatic rings. The van der Waals surface area contributed by atoms with Gasteiger partial charge in [-0.25, -0.2) is 19.6 Å². The molecule has 0 aliphatic carbocycles. The maximum absolute atomic E-state index is 13.9. The molecule has 0 spiro atoms. The molecule has 1 unspecified atom stereocenters. The van der Waals surface area contributed by atoms with Crippen LogP contribution >= 0.6 is 0 Å². The summed E-state index contributed by atoms with van der Waals surface area (Å²) in [6.07, 6.45) is 8.52. The standard InChI is InChI=1S/C54H58N10O7/c1-30(2)46(60-53(67)69-5)50(65)62-23-7-9-42(62)48-56-28-39(58-48)35-16-18-41-37(25-35)26-44-38-17-15-36(27-45(38)71-52(64(41)44)34-13-11-32(12-14-34)33-19-21-55-22-20-33)40-29-57-49(59-40)43-10-8-24-63(43)51(66)47(31(3)4)61-54(68)70-6/h11-22,25-31,42-43,46-47,52H,7-10,23-24H2,1-6H3,(H,56,58)(H,57,59)(H,60,67)(H,61,68)/t42-,43-,46-,47-,52?/m0/s1. The number of pyridine rings is 1. The molecule has 2 saturated heterocycles. The van der Waals surface area contributed by atoms with E-state index in [9.17, 15) is 19.2 Å². The Morgan fingerprint density at radius 2 is 1.18 bits per heavy atom. The van der Waals surface area contributed by atoms with E-state index >= 15 is 0 Å². The number of methoxy groups -OCH3 is 2. The topological polar surface area (TPSA) is 202 Å². The summed E-state index contributed by atoms with van der Waals surface area (Å²) in [6.45, 7) is 8.73. The SMILES string of the molecule is COC(=O)N[C@H](C(=O)N1CCC[C@H]1c1ncc(-c2ccc3c(c2)OC(c2ccc(-c4ccncc4)cc2)n2c-3cc3cc(-c4cnc([C@@H]5CCCN5C(=O)[C@@H](NC(=O)OC)C(C)C)[nH]4)ccc32)[nH]1)C(C)C. The normalized spacial score (nSPS) is 18.2. The van der Waals surface area contributed by atoms with Gasteiger partial charge in [0.25, 0.3) is 0 Å². The van der Waals surface area contributed by atoms with Crippen LogP contribution in [0.3, 0.4) is 0 Å². The maximum Gasteiger partial charge on any atom is 0.407 e. The van der Waals surface area contributed by atoms with Gasteiger partial charge in [-0.1, -0.05) is 64.1 Å². The van der Waals surface area contributed by atoms with Crippen LogP contribution in [-0.4, -0.2) is 103 Å². The van der Waals surface area contributed by atoms with Gasteiger partial charge in [-0.15, -0.1) is 0 Å². The Hall–Kier alpha value is -7.95. The molecule has 17 nitrogen and oxygen atoms in total. The zero-order valence-electron chi connectivity index (χ0n) is 40.6. The Balaban J connectivity index is 0.968. The second-order valence-corrected chi connectivity index (χ2v) is 19.2. The number of aromatic nitrogens is 6. The van der Waals surface area contributed by atoms with Gasteiger partial charge in [0, 0.05) is 53.1 Å². The van der Waals surface area contributed by atoms with Crippen molar-refractivity contribution in [1.82, 2.24) is 49.9 Å². The van der Waals surface area contributed by atoms with Gasteiger partial charge in [0.2, 0.25) is 18.0 Å². The number of hydrogen-bond donors (Lipinski definition) is 4. The fourth-order valence-electron chi connectivity index (χ4n) is 10.3. The van der Waals surface area contributed by atoms with Gasteiger partial charge < -0.3 is 49.2 Å². The number of H-pyrrole nitrogens is 2. The predicted octanol–water partition coefficient (Wildman–Crippen LogP) is 9.18. The van der Waals surface area contributed by atoms with Crippen LogP contribution in [0.4, 0.5) is 9.59 Å². The Bertz CT molecular complexity index is 3110. The van der Waals surface area contributed by atoms with E-state index in [1.165, 1.54) is 14.2 Å². The van der Waals surface area contributed by atoms with Crippen LogP contribution in [0, 0.1) is 11.8 Å². The average molecular weight is 959 g/mol. The molecule has 3 aromatic carbocycles. The van der Waals surface area contributed by atoms with Crippen LogP contribution in [0.1, 0.15) is 88.9 Å². The molecule has 17 heteroatoms. The molecule has 4 amide bonds. The number of amides is 4. The largest absolute Gasteiger partial charge is 0.465 e. The molecule has 0 saturated carbocycles. The maximum atomic E-state index is 13.9. The van der Waals surface area contributed by atoms with Crippen LogP contribution in [0.2, 0.25) is 0 Å². The van der Waals surface area contributed by atoms with Gasteiger partial charge >= 0.3 is 12.2 Å². The van der Waals surface area contributed by atoms with Gasteiger partial charge in [0.05, 0.1) is 61.3 Å². The van der Waals surface area contributed by atoms with Gasteiger partial charge in [-0.05, 0) is 91.1 Å². The molecular weight excluding hydrogens is 901 g/mol. The van der Waals surface area contributed by atoms with E-state index < -0.39 is 30.5 Å². The third-order valence-corrected chi connectivity index (χ3v) is 14.1. The number of nitrogens with one attached hydrogen (secondary N) is 4. The van der Waals surface area contributed by atoms with Gasteiger partial charge in [-0.2, -0.15) is 0 Å². The van der Waals surface area contributed by atoms with Crippen LogP contribution in [0.15, 0.2) is 104 Å². The molecular formula is C54H58N10O7. The number of aromatic amines is 2. The van der Waals surface area contributed by atoms with E-state index in [0.717, 1.165) is 87.0 Å². The highest BCUT2D eigenvalue weighted by molar-refractivity contribution is 5.93. The van der Waals surface area contributed by atoms with Crippen molar-refractivity contribution in [3.05, 3.63) is 121 Å². The smallest absolute Gasteiger partial charge is 0.407 e. The zero-order valence-corrected chi connectivity index (χ0v) is 40.6. The van der Waals surface area contributed by atoms with Crippen LogP contribution < -0.4 is 15.4 Å². The molecule has 4 N–H and O–H groups in total. The van der Waals surface area contributed by atoms with Crippen molar-refractivity contribution in [2.24, 2.45) is 11.8 Å². The number of fused-ring (bicyclic) bond motifs is 5. The predicted molar refractivity (Wildman–Crippen MR) is 267 cm³/mol. The molecule has 71 heavy (non-hydrogen) atoms. The number of hydrogen-bond acceptors (Lipinski definition) is 10. The number of carbonyl (C=O) groups is 4. The molecule has 7 heterocycles. The Morgan fingerprint density at radius 3 is 1.73 bits per heavy atom. The average Bonchev–Trinajstić information content (AvgIpc) is 4.26. The highest BCUT2D eigenvalue weighted by atomic mass is 16.5. The minimum Gasteiger partial charge on any atom is -0.465 e. The summed E-state index contributed by atoms with van der Waals surface area (Å²) in [5.74, 6) is 1.48. The summed E-state index contributed by atoms with van der Waals surface area (Å²) in [4.78, 5) is 76.5. The van der Waals surface area contributed by atoms with Crippen molar-refractivity contribution in [3.8, 4) is 50.6 Å². The summed E-state index contributed by atoms with van der Waals surface area (Å²) in [5.41, 5.74) is 9.43. The van der Waals surface area contributed by atoms with Gasteiger partial charge in [0.1, 0.15) is 29.5 Å². The lowest BCUT2D eigenvalue weighted by Crippen LogP contribution is -2.51. The van der Waals surface area contributed by atoms with Crippen molar-refractivity contribution in [3.63, 3.8) is 0 Å². The third-order valence-electron chi connectivity index (χ3n) is 14.1. The number of likely N-dealkylation sites (tertiary alicyclic amines) is 2. The first kappa shape index (κ1) is 46.8. The monoisotopic (exact) mass is 958 g/mol. The van der Waals surface area contributed by atoms with Crippen molar-refractivity contribution in [2.75, 3.05) is 27.3 Å². The fraction of sp³-hybridized carbons (Fsp3) is 0.352. The Morgan fingerprint density at radius 1 is 0.662 bits per heavy atom. The number of ether oxygens (including phenoxy) is 3. The minimum atomic E-state index is -0.731. The van der Waals surface area contributed by atoms with E-state index in [2.05, 4.69) is 90.8 Å². The number of rotatable bonds is 12. The summed E-state index contributed by atoms with van der Waals surface area (Å²) in [6, 6.07) is 25.1. The molecule has 3 aliphatic rings. The Labute approximate surface area is 411 Å². The number of alkyl carbamates (subject to hydrolysis) is 2. The second-order valence-electron chi connectivity index (χ2n) is 19.2. The van der Waals surface area contributed by atoms with Gasteiger partial charge in [-0.3, -0.25) is 14.6 Å². The molecule has 4 aromatic heterocycles. The number of carbonyl (C=O) groups excluding carboxylic acids is 4. The quantitative estimate of drug-likeness (QED) is 0.0915. The molecule has 366 valence electrons. The first-order valence-electron chi connectivity index (χ1n) is 24.3. The number of benzene rings is 3. The van der Waals surface area contributed by atoms with E-state index in [1.54, 1.807) is 18.6 Å². The number of nitrogens with zero attached hydrogens (tertiary/aromatic N) is 6. The molecule has 0 bridgehead atoms. The van der Waals surface area contributed by atoms with Crippen LogP contribution in [-0.2, 0) is 19.1 Å². The van der Waals surface area contributed by atoms with E-state index in [-0.39, 0.29) is 35.7 Å². The van der Waals surface area contributed by atoms with Crippen molar-refractivity contribution >= 4 is 34.9 Å². The lowest BCUT2D eigenvalue weighted by molar-refractivity contribution is -0.136. The summed E-state index contributed by atoms with van der Waals surface area (Å²) < 4.78 is 19.0. The third kappa shape index (κ3) is 8.96. The molecule has 3 aliphatic heterocycles. The Kier molecular flexibility index (Phi) is 12.8. The van der Waals surface area contributed by atoms with Crippen LogP contribution in [0.5, 0.6) is 5.75 Å². The second kappa shape index (κ2) is 19.4. The van der Waals surface area contributed by atoms with Gasteiger partial charge in [0.15, 0.2) is 0 Å². The molecule has 5 atom stereocenters. The summed E-state index contributed by atoms with van der Waals surface area (Å²) >= 11 is 0. The van der Waals surface area contributed by atoms with E-state index in [4.69, 9.17) is 24.2 Å². The molecule has 2 fully saturated rings. The first-order valence-corrected chi connectivity index (χ1v) is 24.3. The molecule has 10 rings (SSSR count). The minimum absolute atomic E-state index is 0.137. The highest BCUT2D eigenvalue weighted by Crippen LogP contribution is 2.46. The highest BCUT2D eigenvalue weighted by Gasteiger charge is 2.39. The van der Waals surface area contributed by atoms with Crippen LogP contribution in [0.25, 0.3) is 55.8 Å². The van der Waals surface area contributed by atoms with Crippen molar-refractivity contribution in [2.45, 2.75) is 83.8 Å². The lowest BCUT2D eigenvalue weighted by Gasteiger charge is -2.31.